The molecule has 2 N–H and O–H groups in total. The summed E-state index contributed by atoms with van der Waals surface area (Å²) in [5.41, 5.74) is 3.75. The van der Waals surface area contributed by atoms with Crippen molar-refractivity contribution in [2.75, 3.05) is 33.4 Å². The van der Waals surface area contributed by atoms with Crippen LogP contribution in [0.4, 0.5) is 0 Å². The van der Waals surface area contributed by atoms with Crippen molar-refractivity contribution in [2.24, 2.45) is 4.99 Å². The molecule has 0 unspecified atom stereocenters. The Morgan fingerprint density at radius 1 is 1.26 bits per heavy atom. The molecule has 0 atom stereocenters. The molecule has 0 fully saturated rings. The van der Waals surface area contributed by atoms with Crippen LogP contribution in [0.3, 0.4) is 0 Å². The first-order valence-electron chi connectivity index (χ1n) is 9.40. The smallest absolute Gasteiger partial charge is 0.190 e. The fraction of sp³-hybridized carbons (Fsp3) is 0.500. The van der Waals surface area contributed by atoms with Gasteiger partial charge in [0.2, 0.25) is 0 Å². The van der Waals surface area contributed by atoms with Crippen LogP contribution in [0.25, 0.3) is 11.0 Å². The summed E-state index contributed by atoms with van der Waals surface area (Å²) in [5.74, 6) is 1.93. The first-order chi connectivity index (χ1) is 12.8. The molecule has 0 aliphatic carbocycles. The van der Waals surface area contributed by atoms with Gasteiger partial charge >= 0.3 is 0 Å². The number of aryl methyl sites for hydroxylation is 2. The van der Waals surface area contributed by atoms with E-state index >= 15 is 0 Å². The van der Waals surface area contributed by atoms with Gasteiger partial charge < -0.3 is 19.9 Å². The van der Waals surface area contributed by atoms with Crippen LogP contribution in [-0.2, 0) is 11.3 Å². The number of benzene rings is 1. The highest BCUT2D eigenvalue weighted by Gasteiger charge is 2.07. The molecule has 0 bridgehead atoms. The quantitative estimate of drug-likeness (QED) is 0.209. The summed E-state index contributed by atoms with van der Waals surface area (Å²) in [7, 11) is 1.82. The molecule has 2 heterocycles. The highest BCUT2D eigenvalue weighted by atomic mass is 127. The normalized spacial score (nSPS) is 14.6. The van der Waals surface area contributed by atoms with Crippen LogP contribution in [0.5, 0.6) is 0 Å². The van der Waals surface area contributed by atoms with Crippen LogP contribution >= 0.6 is 24.0 Å². The number of aliphatic imine (C=N–C) groups is 1. The number of hydrogen-bond donors (Lipinski definition) is 2. The molecule has 1 aromatic carbocycles. The Kier molecular flexibility index (Phi) is 9.06. The Bertz CT molecular complexity index is 784. The van der Waals surface area contributed by atoms with Gasteiger partial charge in [0.25, 0.3) is 0 Å². The van der Waals surface area contributed by atoms with Crippen LogP contribution in [0.2, 0.25) is 0 Å². The Hall–Kier alpha value is -1.61. The predicted molar refractivity (Wildman–Crippen MR) is 122 cm³/mol. The lowest BCUT2D eigenvalue weighted by Gasteiger charge is -2.15. The molecule has 3 rings (SSSR count). The SMILES string of the molecule is CN=C(NCCCn1c(C)nc2ccccc21)NCCC1=CCOCC1.I. The zero-order valence-corrected chi connectivity index (χ0v) is 18.5. The van der Waals surface area contributed by atoms with Crippen LogP contribution in [-0.4, -0.2) is 48.9 Å². The number of para-hydroxylation sites is 2. The molecule has 27 heavy (non-hydrogen) atoms. The van der Waals surface area contributed by atoms with Crippen molar-refractivity contribution in [1.82, 2.24) is 20.2 Å². The molecule has 6 nitrogen and oxygen atoms in total. The van der Waals surface area contributed by atoms with Gasteiger partial charge in [0.15, 0.2) is 5.96 Å². The fourth-order valence-corrected chi connectivity index (χ4v) is 3.28. The van der Waals surface area contributed by atoms with Gasteiger partial charge in [-0.2, -0.15) is 0 Å². The van der Waals surface area contributed by atoms with Crippen LogP contribution in [0.15, 0.2) is 40.9 Å². The van der Waals surface area contributed by atoms with Crippen LogP contribution in [0, 0.1) is 6.92 Å². The van der Waals surface area contributed by atoms with E-state index in [1.165, 1.54) is 11.1 Å². The van der Waals surface area contributed by atoms with E-state index in [1.54, 1.807) is 0 Å². The second kappa shape index (κ2) is 11.3. The Morgan fingerprint density at radius 3 is 2.85 bits per heavy atom. The lowest BCUT2D eigenvalue weighted by molar-refractivity contribution is 0.153. The molecular formula is C20H30IN5O. The predicted octanol–water partition coefficient (Wildman–Crippen LogP) is 3.25. The zero-order valence-electron chi connectivity index (χ0n) is 16.2. The highest BCUT2D eigenvalue weighted by Crippen LogP contribution is 2.15. The second-order valence-electron chi connectivity index (χ2n) is 6.52. The van der Waals surface area contributed by atoms with Gasteiger partial charge in [0, 0.05) is 26.7 Å². The molecule has 0 amide bonds. The number of halogens is 1. The third kappa shape index (κ3) is 6.21. The Balaban J connectivity index is 0.00000261. The maximum Gasteiger partial charge on any atom is 0.190 e. The summed E-state index contributed by atoms with van der Waals surface area (Å²) in [6.45, 7) is 6.40. The molecule has 148 valence electrons. The van der Waals surface area contributed by atoms with Gasteiger partial charge in [0.1, 0.15) is 5.82 Å². The second-order valence-corrected chi connectivity index (χ2v) is 6.52. The van der Waals surface area contributed by atoms with Crippen molar-refractivity contribution < 1.29 is 4.74 Å². The Morgan fingerprint density at radius 2 is 2.07 bits per heavy atom. The summed E-state index contributed by atoms with van der Waals surface area (Å²) < 4.78 is 7.62. The standard InChI is InChI=1S/C20H29N5O.HI/c1-16-24-18-6-3-4-7-19(18)25(16)13-5-11-22-20(21-2)23-12-8-17-9-14-26-15-10-17;/h3-4,6-7,9H,5,8,10-15H2,1-2H3,(H2,21,22,23);1H. The molecular weight excluding hydrogens is 453 g/mol. The number of imidazole rings is 1. The van der Waals surface area contributed by atoms with Gasteiger partial charge in [-0.3, -0.25) is 4.99 Å². The van der Waals surface area contributed by atoms with E-state index in [1.807, 2.05) is 13.1 Å². The first kappa shape index (κ1) is 21.7. The monoisotopic (exact) mass is 483 g/mol. The van der Waals surface area contributed by atoms with Crippen molar-refractivity contribution in [2.45, 2.75) is 32.7 Å². The summed E-state index contributed by atoms with van der Waals surface area (Å²) >= 11 is 0. The van der Waals surface area contributed by atoms with Gasteiger partial charge in [-0.25, -0.2) is 4.98 Å². The number of hydrogen-bond acceptors (Lipinski definition) is 3. The van der Waals surface area contributed by atoms with Crippen LogP contribution < -0.4 is 10.6 Å². The lowest BCUT2D eigenvalue weighted by Crippen LogP contribution is -2.38. The molecule has 1 aromatic heterocycles. The maximum absolute atomic E-state index is 5.34. The van der Waals surface area contributed by atoms with E-state index in [2.05, 4.69) is 56.4 Å². The maximum atomic E-state index is 5.34. The minimum atomic E-state index is 0. The topological polar surface area (TPSA) is 63.5 Å². The molecule has 7 heteroatoms. The number of guanidine groups is 1. The number of ether oxygens (including phenoxy) is 1. The lowest BCUT2D eigenvalue weighted by atomic mass is 10.1. The average molecular weight is 483 g/mol. The molecule has 1 aliphatic heterocycles. The van der Waals surface area contributed by atoms with Crippen molar-refractivity contribution in [3.63, 3.8) is 0 Å². The van der Waals surface area contributed by atoms with Crippen molar-refractivity contribution in [1.29, 1.82) is 0 Å². The van der Waals surface area contributed by atoms with E-state index in [4.69, 9.17) is 4.74 Å². The number of aromatic nitrogens is 2. The zero-order chi connectivity index (χ0) is 18.2. The minimum absolute atomic E-state index is 0. The van der Waals surface area contributed by atoms with Gasteiger partial charge in [-0.15, -0.1) is 24.0 Å². The molecule has 1 aliphatic rings. The molecule has 2 aromatic rings. The van der Waals surface area contributed by atoms with Gasteiger partial charge in [-0.1, -0.05) is 23.8 Å². The molecule has 0 spiro atoms. The summed E-state index contributed by atoms with van der Waals surface area (Å²) in [6, 6.07) is 8.30. The van der Waals surface area contributed by atoms with Gasteiger partial charge in [-0.05, 0) is 38.3 Å². The average Bonchev–Trinajstić information content (AvgIpc) is 2.99. The Labute approximate surface area is 178 Å². The van der Waals surface area contributed by atoms with E-state index in [9.17, 15) is 0 Å². The van der Waals surface area contributed by atoms with E-state index in [-0.39, 0.29) is 24.0 Å². The third-order valence-corrected chi connectivity index (χ3v) is 4.72. The summed E-state index contributed by atoms with van der Waals surface area (Å²) in [6.07, 6.45) is 5.31. The number of rotatable bonds is 7. The third-order valence-electron chi connectivity index (χ3n) is 4.72. The molecule has 0 saturated heterocycles. The number of fused-ring (bicyclic) bond motifs is 1. The van der Waals surface area contributed by atoms with Crippen molar-refractivity contribution in [3.05, 3.63) is 41.7 Å². The number of nitrogens with zero attached hydrogens (tertiary/aromatic N) is 3. The largest absolute Gasteiger partial charge is 0.377 e. The minimum Gasteiger partial charge on any atom is -0.377 e. The first-order valence-corrected chi connectivity index (χ1v) is 9.40. The molecule has 0 radical (unpaired) electrons. The summed E-state index contributed by atoms with van der Waals surface area (Å²) in [5, 5.41) is 6.79. The van der Waals surface area contributed by atoms with E-state index in [0.717, 1.165) is 69.4 Å². The van der Waals surface area contributed by atoms with E-state index in [0.29, 0.717) is 0 Å². The van der Waals surface area contributed by atoms with Crippen molar-refractivity contribution >= 4 is 41.0 Å². The van der Waals surface area contributed by atoms with Crippen LogP contribution in [0.1, 0.15) is 25.1 Å². The van der Waals surface area contributed by atoms with Gasteiger partial charge in [0.05, 0.1) is 24.2 Å². The van der Waals surface area contributed by atoms with E-state index < -0.39 is 0 Å². The highest BCUT2D eigenvalue weighted by molar-refractivity contribution is 14.0. The fourth-order valence-electron chi connectivity index (χ4n) is 3.28. The summed E-state index contributed by atoms with van der Waals surface area (Å²) in [4.78, 5) is 8.92. The number of nitrogens with one attached hydrogen (secondary N) is 2. The van der Waals surface area contributed by atoms with Crippen molar-refractivity contribution in [3.8, 4) is 0 Å². The molecule has 0 saturated carbocycles.